The van der Waals surface area contributed by atoms with Gasteiger partial charge in [-0.3, -0.25) is 14.4 Å². The van der Waals surface area contributed by atoms with Gasteiger partial charge in [-0.15, -0.1) is 5.10 Å². The van der Waals surface area contributed by atoms with E-state index in [-0.39, 0.29) is 31.3 Å². The van der Waals surface area contributed by atoms with Crippen molar-refractivity contribution in [3.8, 4) is 0 Å². The zero-order valence-corrected chi connectivity index (χ0v) is 22.1. The molecule has 2 heterocycles. The number of nitrogens with one attached hydrogen (secondary N) is 1. The summed E-state index contributed by atoms with van der Waals surface area (Å²) in [5, 5.41) is 21.6. The number of likely N-dealkylation sites (N-methyl/N-ethyl adjacent to an activating group) is 1. The van der Waals surface area contributed by atoms with Crippen LogP contribution in [0.5, 0.6) is 0 Å². The average molecular weight is 511 g/mol. The van der Waals surface area contributed by atoms with Crippen molar-refractivity contribution in [1.29, 1.82) is 0 Å². The van der Waals surface area contributed by atoms with E-state index < -0.39 is 29.5 Å². The average Bonchev–Trinajstić information content (AvgIpc) is 3.47. The van der Waals surface area contributed by atoms with E-state index in [4.69, 9.17) is 0 Å². The Morgan fingerprint density at radius 1 is 1.19 bits per heavy atom. The summed E-state index contributed by atoms with van der Waals surface area (Å²) in [4.78, 5) is 42.9. The topological polar surface area (TPSA) is 121 Å². The Morgan fingerprint density at radius 3 is 2.51 bits per heavy atom. The number of nitrogens with zero attached hydrogens (tertiary/aromatic N) is 5. The van der Waals surface area contributed by atoms with Gasteiger partial charge in [0.2, 0.25) is 17.7 Å². The summed E-state index contributed by atoms with van der Waals surface area (Å²) >= 11 is 0. The van der Waals surface area contributed by atoms with Gasteiger partial charge in [-0.05, 0) is 30.7 Å². The number of hydrogen-bond donors (Lipinski definition) is 2. The highest BCUT2D eigenvalue weighted by molar-refractivity contribution is 5.92. The number of likely N-dealkylation sites (tertiary alicyclic amines) is 1. The molecule has 1 saturated carbocycles. The number of aromatic nitrogens is 3. The zero-order valence-electron chi connectivity index (χ0n) is 22.1. The fraction of sp³-hybridized carbons (Fsp3) is 0.593. The Bertz CT molecular complexity index is 1110. The third kappa shape index (κ3) is 6.36. The van der Waals surface area contributed by atoms with Crippen molar-refractivity contribution >= 4 is 17.7 Å². The molecular formula is C27H38N6O4. The molecule has 2 fully saturated rings. The SMILES string of the molecule is CCN(Cc1ccccc1)C(=O)CNC(=O)[C@@H]1C[C@@H](O)CN1C(=O)[C@@H](n1cc(C2CC2)nn1)C(C)(C)C. The predicted octanol–water partition coefficient (Wildman–Crippen LogP) is 1.87. The molecule has 10 nitrogen and oxygen atoms in total. The van der Waals surface area contributed by atoms with E-state index in [0.717, 1.165) is 24.1 Å². The van der Waals surface area contributed by atoms with Crippen LogP contribution in [0.1, 0.15) is 70.2 Å². The Kier molecular flexibility index (Phi) is 7.96. The quantitative estimate of drug-likeness (QED) is 0.531. The molecule has 0 unspecified atom stereocenters. The van der Waals surface area contributed by atoms with Crippen LogP contribution in [0.25, 0.3) is 0 Å². The maximum atomic E-state index is 13.8. The van der Waals surface area contributed by atoms with Crippen molar-refractivity contribution in [3.63, 3.8) is 0 Å². The number of carbonyl (C=O) groups is 3. The lowest BCUT2D eigenvalue weighted by atomic mass is 9.85. The first kappa shape index (κ1) is 26.8. The highest BCUT2D eigenvalue weighted by Crippen LogP contribution is 2.40. The standard InChI is InChI=1S/C27H38N6O4/c1-5-31(15-18-9-7-6-8-10-18)23(35)14-28-25(36)22-13-20(34)16-32(22)26(37)24(27(2,3)4)33-17-21(29-30-33)19-11-12-19/h6-10,17,19-20,22,24,34H,5,11-16H2,1-4H3,(H,28,36)/t20-,22+,24-/m1/s1. The van der Waals surface area contributed by atoms with Crippen LogP contribution in [-0.4, -0.2) is 79.4 Å². The highest BCUT2D eigenvalue weighted by atomic mass is 16.3. The van der Waals surface area contributed by atoms with Crippen LogP contribution < -0.4 is 5.32 Å². The van der Waals surface area contributed by atoms with Gasteiger partial charge < -0.3 is 20.2 Å². The van der Waals surface area contributed by atoms with E-state index in [9.17, 15) is 19.5 Å². The summed E-state index contributed by atoms with van der Waals surface area (Å²) in [6, 6.07) is 8.11. The van der Waals surface area contributed by atoms with E-state index in [1.54, 1.807) is 9.58 Å². The minimum absolute atomic E-state index is 0.0523. The molecule has 2 aliphatic rings. The zero-order chi connectivity index (χ0) is 26.7. The van der Waals surface area contributed by atoms with Gasteiger partial charge in [0.05, 0.1) is 18.3 Å². The fourth-order valence-electron chi connectivity index (χ4n) is 4.90. The number of carbonyl (C=O) groups excluding carboxylic acids is 3. The van der Waals surface area contributed by atoms with E-state index in [1.165, 1.54) is 4.90 Å². The van der Waals surface area contributed by atoms with Crippen molar-refractivity contribution in [2.75, 3.05) is 19.6 Å². The van der Waals surface area contributed by atoms with Gasteiger partial charge in [0.25, 0.3) is 0 Å². The first-order valence-corrected chi connectivity index (χ1v) is 13.1. The van der Waals surface area contributed by atoms with Gasteiger partial charge >= 0.3 is 0 Å². The van der Waals surface area contributed by atoms with E-state index in [0.29, 0.717) is 19.0 Å². The Morgan fingerprint density at radius 2 is 1.89 bits per heavy atom. The normalized spacial score (nSPS) is 20.5. The Labute approximate surface area is 218 Å². The molecule has 1 aliphatic heterocycles. The second-order valence-electron chi connectivity index (χ2n) is 11.2. The summed E-state index contributed by atoms with van der Waals surface area (Å²) < 4.78 is 1.60. The molecule has 0 spiro atoms. The third-order valence-corrected chi connectivity index (χ3v) is 7.07. The first-order valence-electron chi connectivity index (χ1n) is 13.1. The summed E-state index contributed by atoms with van der Waals surface area (Å²) in [5.41, 5.74) is 1.38. The molecule has 200 valence electrons. The van der Waals surface area contributed by atoms with Crippen LogP contribution in [0.4, 0.5) is 0 Å². The third-order valence-electron chi connectivity index (χ3n) is 7.07. The second-order valence-corrected chi connectivity index (χ2v) is 11.2. The highest BCUT2D eigenvalue weighted by Gasteiger charge is 2.45. The van der Waals surface area contributed by atoms with Crippen molar-refractivity contribution < 1.29 is 19.5 Å². The molecule has 1 aromatic heterocycles. The molecule has 1 aliphatic carbocycles. The minimum Gasteiger partial charge on any atom is -0.391 e. The van der Waals surface area contributed by atoms with E-state index in [1.807, 2.05) is 64.2 Å². The van der Waals surface area contributed by atoms with E-state index >= 15 is 0 Å². The van der Waals surface area contributed by atoms with Crippen LogP contribution >= 0.6 is 0 Å². The number of β-amino-alcohol motifs (C(OH)–C–C–N with tert-alkyl or cyclic N) is 1. The lowest BCUT2D eigenvalue weighted by Gasteiger charge is -2.34. The van der Waals surface area contributed by atoms with Crippen LogP contribution in [0.3, 0.4) is 0 Å². The first-order chi connectivity index (χ1) is 17.6. The number of benzene rings is 1. The maximum Gasteiger partial charge on any atom is 0.248 e. The van der Waals surface area contributed by atoms with Gasteiger partial charge in [-0.2, -0.15) is 0 Å². The summed E-state index contributed by atoms with van der Waals surface area (Å²) in [5.74, 6) is -0.543. The lowest BCUT2D eigenvalue weighted by molar-refractivity contribution is -0.144. The minimum atomic E-state index is -0.865. The molecule has 37 heavy (non-hydrogen) atoms. The van der Waals surface area contributed by atoms with Crippen molar-refractivity contribution in [3.05, 3.63) is 47.8 Å². The number of aliphatic hydroxyl groups excluding tert-OH is 1. The molecular weight excluding hydrogens is 472 g/mol. The smallest absolute Gasteiger partial charge is 0.248 e. The monoisotopic (exact) mass is 510 g/mol. The van der Waals surface area contributed by atoms with Gasteiger partial charge in [0.1, 0.15) is 12.1 Å². The van der Waals surface area contributed by atoms with Gasteiger partial charge in [0.15, 0.2) is 0 Å². The maximum absolute atomic E-state index is 13.8. The molecule has 2 aromatic rings. The molecule has 2 N–H and O–H groups in total. The van der Waals surface area contributed by atoms with Crippen LogP contribution in [-0.2, 0) is 20.9 Å². The number of hydrogen-bond acceptors (Lipinski definition) is 6. The summed E-state index contributed by atoms with van der Waals surface area (Å²) in [6.07, 6.45) is 3.28. The molecule has 3 amide bonds. The largest absolute Gasteiger partial charge is 0.391 e. The van der Waals surface area contributed by atoms with Gasteiger partial charge in [-0.1, -0.05) is 56.3 Å². The van der Waals surface area contributed by atoms with Gasteiger partial charge in [-0.25, -0.2) is 4.68 Å². The van der Waals surface area contributed by atoms with Crippen molar-refractivity contribution in [1.82, 2.24) is 30.1 Å². The van der Waals surface area contributed by atoms with Crippen molar-refractivity contribution in [2.45, 2.75) is 77.6 Å². The Hall–Kier alpha value is -3.27. The second kappa shape index (κ2) is 11.0. The van der Waals surface area contributed by atoms with Crippen LogP contribution in [0, 0.1) is 5.41 Å². The number of aliphatic hydroxyl groups is 1. The molecule has 1 saturated heterocycles. The predicted molar refractivity (Wildman–Crippen MR) is 137 cm³/mol. The number of amides is 3. The molecule has 1 aromatic carbocycles. The van der Waals surface area contributed by atoms with Crippen molar-refractivity contribution in [2.24, 2.45) is 5.41 Å². The molecule has 3 atom stereocenters. The summed E-state index contributed by atoms with van der Waals surface area (Å²) in [6.45, 7) is 8.56. The molecule has 0 radical (unpaired) electrons. The van der Waals surface area contributed by atoms with Crippen LogP contribution in [0.2, 0.25) is 0 Å². The van der Waals surface area contributed by atoms with Gasteiger partial charge in [0, 0.05) is 38.2 Å². The summed E-state index contributed by atoms with van der Waals surface area (Å²) in [7, 11) is 0. The molecule has 4 rings (SSSR count). The molecule has 0 bridgehead atoms. The number of rotatable bonds is 9. The lowest BCUT2D eigenvalue weighted by Crippen LogP contribution is -2.51. The van der Waals surface area contributed by atoms with E-state index in [2.05, 4.69) is 15.6 Å². The Balaban J connectivity index is 1.43. The molecule has 10 heteroatoms. The fourth-order valence-corrected chi connectivity index (χ4v) is 4.90. The van der Waals surface area contributed by atoms with Crippen LogP contribution in [0.15, 0.2) is 36.5 Å².